The summed E-state index contributed by atoms with van der Waals surface area (Å²) in [5.41, 5.74) is 1.13. The van der Waals surface area contributed by atoms with Crippen LogP contribution in [0.2, 0.25) is 0 Å². The van der Waals surface area contributed by atoms with Crippen molar-refractivity contribution >= 4 is 28.9 Å². The van der Waals surface area contributed by atoms with Gasteiger partial charge in [-0.2, -0.15) is 0 Å². The summed E-state index contributed by atoms with van der Waals surface area (Å²) in [7, 11) is 0. The summed E-state index contributed by atoms with van der Waals surface area (Å²) < 4.78 is 0. The molecule has 2 N–H and O–H groups in total. The molecule has 2 amide bonds. The van der Waals surface area contributed by atoms with E-state index in [9.17, 15) is 19.7 Å². The average Bonchev–Trinajstić information content (AvgIpc) is 2.88. The summed E-state index contributed by atoms with van der Waals surface area (Å²) in [4.78, 5) is 38.7. The Balaban J connectivity index is 2.01. The number of carbonyl (C=O) groups excluding carboxylic acids is 2. The van der Waals surface area contributed by atoms with E-state index in [1.807, 2.05) is 6.92 Å². The van der Waals surface area contributed by atoms with Gasteiger partial charge in [0.1, 0.15) is 5.69 Å². The van der Waals surface area contributed by atoms with Gasteiger partial charge in [0, 0.05) is 18.5 Å². The van der Waals surface area contributed by atoms with Crippen molar-refractivity contribution in [3.63, 3.8) is 0 Å². The van der Waals surface area contributed by atoms with Gasteiger partial charge in [-0.25, -0.2) is 0 Å². The minimum Gasteiger partial charge on any atom is -0.325 e. The van der Waals surface area contributed by atoms with Crippen molar-refractivity contribution in [1.82, 2.24) is 4.98 Å². The van der Waals surface area contributed by atoms with E-state index in [1.54, 1.807) is 12.1 Å². The largest absolute Gasteiger partial charge is 0.325 e. The van der Waals surface area contributed by atoms with Crippen LogP contribution in [-0.4, -0.2) is 21.7 Å². The van der Waals surface area contributed by atoms with Crippen molar-refractivity contribution in [2.45, 2.75) is 19.3 Å². The maximum atomic E-state index is 12.2. The Hall–Kier alpha value is -3.29. The second-order valence-electron chi connectivity index (χ2n) is 5.36. The molecule has 2 heterocycles. The van der Waals surface area contributed by atoms with E-state index >= 15 is 0 Å². The standard InChI is InChI=1S/C16H14N4O4/c1-2-10-11-6-13(19-15(21)9-4-3-5-17-8-9)14(20(23)24)7-12(11)18-16(10)22/h3-8,10H,2H2,1H3,(H,18,22)(H,19,21). The number of amides is 2. The maximum absolute atomic E-state index is 12.2. The van der Waals surface area contributed by atoms with E-state index in [2.05, 4.69) is 15.6 Å². The lowest BCUT2D eigenvalue weighted by atomic mass is 9.97. The second-order valence-corrected chi connectivity index (χ2v) is 5.36. The third-order valence-electron chi connectivity index (χ3n) is 3.89. The number of aromatic nitrogens is 1. The number of nitrogens with zero attached hydrogens (tertiary/aromatic N) is 2. The highest BCUT2D eigenvalue weighted by Crippen LogP contribution is 2.40. The first-order valence-electron chi connectivity index (χ1n) is 7.35. The molecule has 0 fully saturated rings. The highest BCUT2D eigenvalue weighted by Gasteiger charge is 2.32. The Morgan fingerprint density at radius 3 is 2.88 bits per heavy atom. The van der Waals surface area contributed by atoms with Gasteiger partial charge in [-0.05, 0) is 30.2 Å². The highest BCUT2D eigenvalue weighted by molar-refractivity contribution is 6.08. The lowest BCUT2D eigenvalue weighted by Gasteiger charge is -2.10. The number of anilines is 2. The van der Waals surface area contributed by atoms with Crippen LogP contribution in [0.4, 0.5) is 17.1 Å². The SMILES string of the molecule is CCC1C(=O)Nc2cc([N+](=O)[O-])c(NC(=O)c3cccnc3)cc21. The third-order valence-corrected chi connectivity index (χ3v) is 3.89. The number of nitrogens with one attached hydrogen (secondary N) is 2. The number of nitro benzene ring substituents is 1. The molecule has 0 spiro atoms. The van der Waals surface area contributed by atoms with Crippen molar-refractivity contribution in [2.24, 2.45) is 0 Å². The molecule has 24 heavy (non-hydrogen) atoms. The molecule has 0 aliphatic carbocycles. The summed E-state index contributed by atoms with van der Waals surface area (Å²) in [6.07, 6.45) is 3.46. The molecular formula is C16H14N4O4. The Bertz CT molecular complexity index is 835. The average molecular weight is 326 g/mol. The molecule has 1 atom stereocenters. The molecule has 1 aliphatic rings. The zero-order valence-corrected chi connectivity index (χ0v) is 12.8. The summed E-state index contributed by atoms with van der Waals surface area (Å²) >= 11 is 0. The first-order chi connectivity index (χ1) is 11.5. The van der Waals surface area contributed by atoms with Gasteiger partial charge in [0.2, 0.25) is 5.91 Å². The normalized spacial score (nSPS) is 15.5. The Morgan fingerprint density at radius 1 is 1.46 bits per heavy atom. The van der Waals surface area contributed by atoms with Crippen LogP contribution in [0.5, 0.6) is 0 Å². The molecule has 1 aromatic heterocycles. The van der Waals surface area contributed by atoms with Crippen molar-refractivity contribution < 1.29 is 14.5 Å². The Labute approximate surface area is 137 Å². The molecule has 0 bridgehead atoms. The predicted octanol–water partition coefficient (Wildman–Crippen LogP) is 2.69. The molecule has 1 aliphatic heterocycles. The number of rotatable bonds is 4. The lowest BCUT2D eigenvalue weighted by molar-refractivity contribution is -0.383. The topological polar surface area (TPSA) is 114 Å². The highest BCUT2D eigenvalue weighted by atomic mass is 16.6. The molecule has 3 rings (SSSR count). The zero-order chi connectivity index (χ0) is 17.3. The van der Waals surface area contributed by atoms with Gasteiger partial charge in [-0.3, -0.25) is 24.7 Å². The van der Waals surface area contributed by atoms with Crippen LogP contribution in [0.1, 0.15) is 35.2 Å². The van der Waals surface area contributed by atoms with Crippen LogP contribution in [0.3, 0.4) is 0 Å². The van der Waals surface area contributed by atoms with E-state index in [-0.39, 0.29) is 28.8 Å². The van der Waals surface area contributed by atoms with Crippen molar-refractivity contribution in [3.8, 4) is 0 Å². The minimum atomic E-state index is -0.593. The molecule has 2 aromatic rings. The van der Waals surface area contributed by atoms with Gasteiger partial charge in [0.25, 0.3) is 11.6 Å². The third kappa shape index (κ3) is 2.69. The van der Waals surface area contributed by atoms with Crippen LogP contribution < -0.4 is 10.6 Å². The van der Waals surface area contributed by atoms with Gasteiger partial charge in [-0.1, -0.05) is 6.92 Å². The number of pyridine rings is 1. The first kappa shape index (κ1) is 15.6. The molecule has 8 nitrogen and oxygen atoms in total. The van der Waals surface area contributed by atoms with Crippen LogP contribution >= 0.6 is 0 Å². The smallest absolute Gasteiger partial charge is 0.294 e. The summed E-state index contributed by atoms with van der Waals surface area (Å²) in [6.45, 7) is 1.86. The quantitative estimate of drug-likeness (QED) is 0.662. The number of nitro groups is 1. The summed E-state index contributed by atoms with van der Waals surface area (Å²) in [6, 6.07) is 5.93. The predicted molar refractivity (Wildman–Crippen MR) is 86.9 cm³/mol. The molecule has 1 unspecified atom stereocenters. The van der Waals surface area contributed by atoms with Gasteiger partial charge in [0.05, 0.1) is 22.1 Å². The summed E-state index contributed by atoms with van der Waals surface area (Å²) in [5, 5.41) is 16.5. The van der Waals surface area contributed by atoms with Gasteiger partial charge in [0.15, 0.2) is 0 Å². The van der Waals surface area contributed by atoms with E-state index in [4.69, 9.17) is 0 Å². The lowest BCUT2D eigenvalue weighted by Crippen LogP contribution is -2.13. The molecule has 0 radical (unpaired) electrons. The monoisotopic (exact) mass is 326 g/mol. The van der Waals surface area contributed by atoms with E-state index in [1.165, 1.54) is 24.5 Å². The molecule has 8 heteroatoms. The van der Waals surface area contributed by atoms with Crippen LogP contribution in [-0.2, 0) is 4.79 Å². The van der Waals surface area contributed by atoms with E-state index < -0.39 is 10.8 Å². The zero-order valence-electron chi connectivity index (χ0n) is 12.8. The minimum absolute atomic E-state index is 0.0579. The van der Waals surface area contributed by atoms with Crippen LogP contribution in [0, 0.1) is 10.1 Å². The van der Waals surface area contributed by atoms with Crippen LogP contribution in [0.15, 0.2) is 36.7 Å². The maximum Gasteiger partial charge on any atom is 0.294 e. The number of carbonyl (C=O) groups is 2. The van der Waals surface area contributed by atoms with E-state index in [0.717, 1.165) is 0 Å². The molecular weight excluding hydrogens is 312 g/mol. The molecule has 0 saturated heterocycles. The number of hydrogen-bond donors (Lipinski definition) is 2. The Morgan fingerprint density at radius 2 is 2.25 bits per heavy atom. The first-order valence-corrected chi connectivity index (χ1v) is 7.35. The number of hydrogen-bond acceptors (Lipinski definition) is 5. The summed E-state index contributed by atoms with van der Waals surface area (Å²) in [5.74, 6) is -1.08. The fraction of sp³-hybridized carbons (Fsp3) is 0.188. The van der Waals surface area contributed by atoms with Crippen molar-refractivity contribution in [1.29, 1.82) is 0 Å². The van der Waals surface area contributed by atoms with Gasteiger partial charge < -0.3 is 10.6 Å². The van der Waals surface area contributed by atoms with Crippen molar-refractivity contribution in [2.75, 3.05) is 10.6 Å². The van der Waals surface area contributed by atoms with Gasteiger partial charge >= 0.3 is 0 Å². The van der Waals surface area contributed by atoms with Gasteiger partial charge in [-0.15, -0.1) is 0 Å². The van der Waals surface area contributed by atoms with E-state index in [0.29, 0.717) is 17.7 Å². The molecule has 0 saturated carbocycles. The molecule has 122 valence electrons. The van der Waals surface area contributed by atoms with Crippen molar-refractivity contribution in [3.05, 3.63) is 57.9 Å². The fourth-order valence-corrected chi connectivity index (χ4v) is 2.71. The number of fused-ring (bicyclic) bond motifs is 1. The molecule has 1 aromatic carbocycles. The number of benzene rings is 1. The second kappa shape index (κ2) is 6.07. The Kier molecular flexibility index (Phi) is 3.95. The van der Waals surface area contributed by atoms with Crippen LogP contribution in [0.25, 0.3) is 0 Å². The fourth-order valence-electron chi connectivity index (χ4n) is 2.71.